The molecule has 0 aliphatic heterocycles. The van der Waals surface area contributed by atoms with Gasteiger partial charge < -0.3 is 0 Å². The Morgan fingerprint density at radius 2 is 1.83 bits per heavy atom. The van der Waals surface area contributed by atoms with E-state index in [1.165, 1.54) is 24.8 Å². The molecule has 0 spiro atoms. The van der Waals surface area contributed by atoms with Gasteiger partial charge in [0.05, 0.1) is 0 Å². The van der Waals surface area contributed by atoms with Gasteiger partial charge in [0.2, 0.25) is 0 Å². The normalized spacial score (nSPS) is 10.1. The molecule has 0 saturated heterocycles. The molecule has 0 heterocycles. The molecule has 0 aliphatic carbocycles. The highest BCUT2D eigenvalue weighted by atomic mass is 33.1. The summed E-state index contributed by atoms with van der Waals surface area (Å²) in [5, 5.41) is 0. The molecule has 0 aliphatic rings. The van der Waals surface area contributed by atoms with E-state index in [1.54, 1.807) is 10.8 Å². The zero-order chi connectivity index (χ0) is 8.65. The second-order valence-corrected chi connectivity index (χ2v) is 4.22. The summed E-state index contributed by atoms with van der Waals surface area (Å²) in [7, 11) is 1.63. The summed E-state index contributed by atoms with van der Waals surface area (Å²) < 4.78 is 0. The molecule has 0 amide bonds. The van der Waals surface area contributed by atoms with E-state index in [0.717, 1.165) is 5.75 Å². The summed E-state index contributed by atoms with van der Waals surface area (Å²) in [5.74, 6) is 1.16. The first-order chi connectivity index (χ1) is 5.93. The van der Waals surface area contributed by atoms with Crippen LogP contribution in [-0.4, -0.2) is 5.75 Å². The largest absolute Gasteiger partial charge is 0.111 e. The molecule has 0 nitrogen and oxygen atoms in total. The van der Waals surface area contributed by atoms with Crippen molar-refractivity contribution in [1.82, 2.24) is 0 Å². The van der Waals surface area contributed by atoms with Gasteiger partial charge in [-0.1, -0.05) is 41.1 Å². The Bertz CT molecular complexity index is 196. The average Bonchev–Trinajstić information content (AvgIpc) is 2.14. The second kappa shape index (κ2) is 6.44. The van der Waals surface area contributed by atoms with Crippen LogP contribution >= 0.6 is 22.5 Å². The summed E-state index contributed by atoms with van der Waals surface area (Å²) in [6.45, 7) is 0. The smallest absolute Gasteiger partial charge is 0.00346 e. The molecule has 1 aromatic carbocycles. The summed E-state index contributed by atoms with van der Waals surface area (Å²) in [4.78, 5) is 0. The van der Waals surface area contributed by atoms with E-state index in [2.05, 4.69) is 42.0 Å². The first-order valence-corrected chi connectivity index (χ1v) is 6.27. The minimum absolute atomic E-state index is 1.16. The number of thiol groups is 1. The monoisotopic (exact) mass is 198 g/mol. The van der Waals surface area contributed by atoms with E-state index in [0.29, 0.717) is 0 Å². The molecule has 0 atom stereocenters. The Kier molecular flexibility index (Phi) is 5.37. The first-order valence-electron chi connectivity index (χ1n) is 4.24. The molecular weight excluding hydrogens is 184 g/mol. The molecule has 12 heavy (non-hydrogen) atoms. The quantitative estimate of drug-likeness (QED) is 0.428. The van der Waals surface area contributed by atoms with Crippen molar-refractivity contribution in [3.8, 4) is 0 Å². The maximum atomic E-state index is 4.10. The highest BCUT2D eigenvalue weighted by Gasteiger charge is 1.91. The zero-order valence-electron chi connectivity index (χ0n) is 7.07. The summed E-state index contributed by atoms with van der Waals surface area (Å²) in [6.07, 6.45) is 3.75. The molecule has 66 valence electrons. The minimum atomic E-state index is 1.16. The molecule has 0 radical (unpaired) electrons. The van der Waals surface area contributed by atoms with Crippen LogP contribution in [0.15, 0.2) is 30.3 Å². The molecule has 1 rings (SSSR count). The van der Waals surface area contributed by atoms with Crippen molar-refractivity contribution in [3.05, 3.63) is 35.9 Å². The van der Waals surface area contributed by atoms with Gasteiger partial charge in [0.15, 0.2) is 0 Å². The van der Waals surface area contributed by atoms with E-state index >= 15 is 0 Å². The van der Waals surface area contributed by atoms with Crippen molar-refractivity contribution in [2.75, 3.05) is 5.75 Å². The zero-order valence-corrected chi connectivity index (χ0v) is 8.78. The van der Waals surface area contributed by atoms with Crippen molar-refractivity contribution in [3.63, 3.8) is 0 Å². The van der Waals surface area contributed by atoms with Crippen molar-refractivity contribution < 1.29 is 0 Å². The third-order valence-corrected chi connectivity index (χ3v) is 2.81. The maximum absolute atomic E-state index is 4.10. The molecule has 0 unspecified atom stereocenters. The summed E-state index contributed by atoms with van der Waals surface area (Å²) in [6, 6.07) is 10.6. The van der Waals surface area contributed by atoms with Crippen molar-refractivity contribution >= 4 is 22.5 Å². The molecule has 0 N–H and O–H groups in total. The average molecular weight is 198 g/mol. The lowest BCUT2D eigenvalue weighted by molar-refractivity contribution is 0.804. The van der Waals surface area contributed by atoms with E-state index < -0.39 is 0 Å². The summed E-state index contributed by atoms with van der Waals surface area (Å²) in [5.41, 5.74) is 1.45. The van der Waals surface area contributed by atoms with Crippen LogP contribution in [0.3, 0.4) is 0 Å². The standard InChI is InChI=1S/C10H14S2/c11-12-9-5-4-8-10-6-2-1-3-7-10/h1-3,6-7,11H,4-5,8-9H2. The van der Waals surface area contributed by atoms with Crippen LogP contribution < -0.4 is 0 Å². The van der Waals surface area contributed by atoms with Gasteiger partial charge in [-0.05, 0) is 24.8 Å². The van der Waals surface area contributed by atoms with Crippen molar-refractivity contribution in [2.45, 2.75) is 19.3 Å². The Morgan fingerprint density at radius 3 is 2.50 bits per heavy atom. The minimum Gasteiger partial charge on any atom is -0.111 e. The van der Waals surface area contributed by atoms with E-state index in [1.807, 2.05) is 0 Å². The van der Waals surface area contributed by atoms with Crippen LogP contribution in [0, 0.1) is 0 Å². The van der Waals surface area contributed by atoms with Crippen LogP contribution in [0.1, 0.15) is 18.4 Å². The van der Waals surface area contributed by atoms with Gasteiger partial charge >= 0.3 is 0 Å². The Labute approximate surface area is 83.6 Å². The number of hydrogen-bond acceptors (Lipinski definition) is 2. The lowest BCUT2D eigenvalue weighted by Crippen LogP contribution is -1.85. The SMILES string of the molecule is SSCCCCc1ccccc1. The number of aryl methyl sites for hydroxylation is 1. The van der Waals surface area contributed by atoms with E-state index in [4.69, 9.17) is 0 Å². The third kappa shape index (κ3) is 4.07. The molecule has 2 heteroatoms. The highest BCUT2D eigenvalue weighted by Crippen LogP contribution is 2.10. The lowest BCUT2D eigenvalue weighted by atomic mass is 10.1. The maximum Gasteiger partial charge on any atom is 0.00346 e. The molecule has 0 fully saturated rings. The number of hydrogen-bond donors (Lipinski definition) is 1. The van der Waals surface area contributed by atoms with Gasteiger partial charge in [0, 0.05) is 5.75 Å². The first kappa shape index (κ1) is 10.0. The van der Waals surface area contributed by atoms with E-state index in [-0.39, 0.29) is 0 Å². The van der Waals surface area contributed by atoms with Crippen molar-refractivity contribution in [1.29, 1.82) is 0 Å². The third-order valence-electron chi connectivity index (χ3n) is 1.79. The van der Waals surface area contributed by atoms with Crippen LogP contribution in [-0.2, 0) is 6.42 Å². The van der Waals surface area contributed by atoms with Gasteiger partial charge in [0.25, 0.3) is 0 Å². The fraction of sp³-hybridized carbons (Fsp3) is 0.400. The van der Waals surface area contributed by atoms with Crippen LogP contribution in [0.2, 0.25) is 0 Å². The van der Waals surface area contributed by atoms with Gasteiger partial charge in [-0.3, -0.25) is 0 Å². The molecule has 0 aromatic heterocycles. The Hall–Kier alpha value is -0.0800. The van der Waals surface area contributed by atoms with Crippen LogP contribution in [0.25, 0.3) is 0 Å². The molecular formula is C10H14S2. The predicted molar refractivity (Wildman–Crippen MR) is 60.8 cm³/mol. The number of rotatable bonds is 5. The molecule has 0 saturated carbocycles. The predicted octanol–water partition coefficient (Wildman–Crippen LogP) is 3.59. The topological polar surface area (TPSA) is 0 Å². The fourth-order valence-corrected chi connectivity index (χ4v) is 1.86. The van der Waals surface area contributed by atoms with Crippen LogP contribution in [0.4, 0.5) is 0 Å². The number of unbranched alkanes of at least 4 members (excludes halogenated alkanes) is 1. The molecule has 0 bridgehead atoms. The van der Waals surface area contributed by atoms with Gasteiger partial charge in [-0.2, -0.15) is 0 Å². The lowest BCUT2D eigenvalue weighted by Gasteiger charge is -1.99. The Balaban J connectivity index is 2.16. The van der Waals surface area contributed by atoms with E-state index in [9.17, 15) is 0 Å². The van der Waals surface area contributed by atoms with Gasteiger partial charge in [0.1, 0.15) is 0 Å². The second-order valence-electron chi connectivity index (χ2n) is 2.78. The number of benzene rings is 1. The molecule has 1 aromatic rings. The summed E-state index contributed by atoms with van der Waals surface area (Å²) >= 11 is 4.10. The Morgan fingerprint density at radius 1 is 1.08 bits per heavy atom. The van der Waals surface area contributed by atoms with Crippen molar-refractivity contribution in [2.24, 2.45) is 0 Å². The fourth-order valence-electron chi connectivity index (χ4n) is 1.14. The van der Waals surface area contributed by atoms with Gasteiger partial charge in [-0.15, -0.1) is 11.7 Å². The van der Waals surface area contributed by atoms with Gasteiger partial charge in [-0.25, -0.2) is 0 Å². The highest BCUT2D eigenvalue weighted by molar-refractivity contribution is 8.68. The van der Waals surface area contributed by atoms with Crippen LogP contribution in [0.5, 0.6) is 0 Å².